The van der Waals surface area contributed by atoms with Crippen molar-refractivity contribution in [1.82, 2.24) is 4.90 Å². The lowest BCUT2D eigenvalue weighted by Gasteiger charge is -2.30. The Balaban J connectivity index is 1.84. The van der Waals surface area contributed by atoms with E-state index in [0.29, 0.717) is 19.1 Å². The molecule has 176 valence electrons. The van der Waals surface area contributed by atoms with Gasteiger partial charge in [-0.2, -0.15) is 0 Å². The van der Waals surface area contributed by atoms with Crippen molar-refractivity contribution in [2.24, 2.45) is 27.2 Å². The van der Waals surface area contributed by atoms with Crippen LogP contribution in [0.25, 0.3) is 0 Å². The predicted molar refractivity (Wildman–Crippen MR) is 126 cm³/mol. The number of guanidine groups is 2. The number of ether oxygens (including phenoxy) is 1. The standard InChI is InChI=1S/C23H42N6O2/c1-2-3-4-5-6-7-8-9-13-18-20(19-14-12-16-29(19)23(26)28-18)21(30)31-17-11-10-15-27-22(24)25/h18H,2-17H2,1H3,(H2,26,28)(H4,24,25,27). The Kier molecular flexibility index (Phi) is 11.2. The molecule has 2 aliphatic heterocycles. The van der Waals surface area contributed by atoms with Crippen molar-refractivity contribution >= 4 is 17.9 Å². The maximum atomic E-state index is 12.9. The summed E-state index contributed by atoms with van der Waals surface area (Å²) in [4.78, 5) is 23.6. The number of unbranched alkanes of at least 4 members (excludes halogenated alkanes) is 8. The van der Waals surface area contributed by atoms with Crippen LogP contribution < -0.4 is 17.2 Å². The van der Waals surface area contributed by atoms with Gasteiger partial charge in [0.15, 0.2) is 11.9 Å². The lowest BCUT2D eigenvalue weighted by atomic mass is 9.96. The molecule has 2 rings (SSSR count). The summed E-state index contributed by atoms with van der Waals surface area (Å²) in [6.07, 6.45) is 14.2. The van der Waals surface area contributed by atoms with Gasteiger partial charge in [-0.3, -0.25) is 4.99 Å². The molecule has 0 aromatic carbocycles. The fourth-order valence-electron chi connectivity index (χ4n) is 4.29. The zero-order valence-corrected chi connectivity index (χ0v) is 19.3. The number of fused-ring (bicyclic) bond motifs is 1. The van der Waals surface area contributed by atoms with E-state index in [4.69, 9.17) is 21.9 Å². The summed E-state index contributed by atoms with van der Waals surface area (Å²) in [5, 5.41) is 0. The van der Waals surface area contributed by atoms with Gasteiger partial charge in [0.1, 0.15) is 0 Å². The fourth-order valence-corrected chi connectivity index (χ4v) is 4.29. The number of carbonyl (C=O) groups excluding carboxylic acids is 1. The monoisotopic (exact) mass is 434 g/mol. The van der Waals surface area contributed by atoms with E-state index in [1.807, 2.05) is 4.90 Å². The molecule has 0 aromatic heterocycles. The number of allylic oxidation sites excluding steroid dienone is 1. The van der Waals surface area contributed by atoms with Crippen LogP contribution in [0.15, 0.2) is 21.3 Å². The summed E-state index contributed by atoms with van der Waals surface area (Å²) >= 11 is 0. The second-order valence-corrected chi connectivity index (χ2v) is 8.53. The van der Waals surface area contributed by atoms with Crippen LogP contribution in [0.3, 0.4) is 0 Å². The third-order valence-electron chi connectivity index (χ3n) is 5.96. The summed E-state index contributed by atoms with van der Waals surface area (Å²) < 4.78 is 5.60. The van der Waals surface area contributed by atoms with Crippen molar-refractivity contribution in [2.45, 2.75) is 96.4 Å². The molecular weight excluding hydrogens is 392 g/mol. The van der Waals surface area contributed by atoms with Crippen LogP contribution in [0, 0.1) is 0 Å². The minimum Gasteiger partial charge on any atom is -0.462 e. The molecule has 1 unspecified atom stereocenters. The van der Waals surface area contributed by atoms with Crippen molar-refractivity contribution in [3.05, 3.63) is 11.3 Å². The molecular formula is C23H42N6O2. The highest BCUT2D eigenvalue weighted by Crippen LogP contribution is 2.33. The second kappa shape index (κ2) is 13.9. The zero-order chi connectivity index (χ0) is 22.5. The Morgan fingerprint density at radius 3 is 2.52 bits per heavy atom. The number of hydrogen-bond donors (Lipinski definition) is 3. The van der Waals surface area contributed by atoms with Crippen molar-refractivity contribution in [1.29, 1.82) is 0 Å². The maximum Gasteiger partial charge on any atom is 0.337 e. The first-order valence-electron chi connectivity index (χ1n) is 12.1. The van der Waals surface area contributed by atoms with Crippen LogP contribution in [0.4, 0.5) is 0 Å². The minimum absolute atomic E-state index is 0.0896. The molecule has 0 aliphatic carbocycles. The van der Waals surface area contributed by atoms with E-state index in [1.54, 1.807) is 0 Å². The summed E-state index contributed by atoms with van der Waals surface area (Å²) in [7, 11) is 0. The molecule has 8 heteroatoms. The molecule has 2 aliphatic rings. The van der Waals surface area contributed by atoms with Crippen LogP contribution in [-0.2, 0) is 9.53 Å². The highest BCUT2D eigenvalue weighted by molar-refractivity contribution is 5.95. The van der Waals surface area contributed by atoms with E-state index in [0.717, 1.165) is 56.3 Å². The highest BCUT2D eigenvalue weighted by atomic mass is 16.5. The van der Waals surface area contributed by atoms with Crippen molar-refractivity contribution in [3.8, 4) is 0 Å². The molecule has 0 amide bonds. The van der Waals surface area contributed by atoms with Crippen LogP contribution in [0.1, 0.15) is 90.4 Å². The smallest absolute Gasteiger partial charge is 0.337 e. The van der Waals surface area contributed by atoms with E-state index in [2.05, 4.69) is 16.9 Å². The van der Waals surface area contributed by atoms with Gasteiger partial charge in [-0.25, -0.2) is 9.79 Å². The first-order valence-corrected chi connectivity index (χ1v) is 12.1. The average Bonchev–Trinajstić information content (AvgIpc) is 3.22. The Bertz CT molecular complexity index is 654. The number of rotatable bonds is 15. The summed E-state index contributed by atoms with van der Waals surface area (Å²) in [5.74, 6) is 0.391. The minimum atomic E-state index is -0.246. The van der Waals surface area contributed by atoms with Crippen LogP contribution in [-0.4, -0.2) is 48.5 Å². The normalized spacial score (nSPS) is 18.0. The maximum absolute atomic E-state index is 12.9. The number of nitrogens with zero attached hydrogens (tertiary/aromatic N) is 3. The Morgan fingerprint density at radius 2 is 1.81 bits per heavy atom. The van der Waals surface area contributed by atoms with Gasteiger partial charge >= 0.3 is 5.97 Å². The topological polar surface area (TPSA) is 132 Å². The first kappa shape index (κ1) is 25.0. The Hall–Kier alpha value is -2.25. The molecule has 0 saturated carbocycles. The second-order valence-electron chi connectivity index (χ2n) is 8.53. The van der Waals surface area contributed by atoms with Gasteiger partial charge in [-0.05, 0) is 32.1 Å². The van der Waals surface area contributed by atoms with E-state index in [9.17, 15) is 4.79 Å². The molecule has 1 atom stereocenters. The van der Waals surface area contributed by atoms with Gasteiger partial charge in [0.2, 0.25) is 0 Å². The van der Waals surface area contributed by atoms with Gasteiger partial charge in [-0.15, -0.1) is 0 Å². The lowest BCUT2D eigenvalue weighted by molar-refractivity contribution is -0.139. The molecule has 1 fully saturated rings. The van der Waals surface area contributed by atoms with Crippen LogP contribution >= 0.6 is 0 Å². The molecule has 6 N–H and O–H groups in total. The zero-order valence-electron chi connectivity index (χ0n) is 19.3. The predicted octanol–water partition coefficient (Wildman–Crippen LogP) is 3.16. The Morgan fingerprint density at radius 1 is 1.10 bits per heavy atom. The van der Waals surface area contributed by atoms with E-state index < -0.39 is 0 Å². The molecule has 0 aromatic rings. The summed E-state index contributed by atoms with van der Waals surface area (Å²) in [6.45, 7) is 3.97. The number of esters is 1. The van der Waals surface area contributed by atoms with E-state index in [1.165, 1.54) is 44.9 Å². The van der Waals surface area contributed by atoms with Crippen molar-refractivity contribution < 1.29 is 9.53 Å². The molecule has 0 bridgehead atoms. The Labute approximate surface area is 187 Å². The SMILES string of the molecule is CCCCCCCCCCC1N=C(N)N2CCCC2=C1C(=O)OCCCCN=C(N)N. The molecule has 0 spiro atoms. The summed E-state index contributed by atoms with van der Waals surface area (Å²) in [5.41, 5.74) is 18.6. The van der Waals surface area contributed by atoms with Gasteiger partial charge in [0.25, 0.3) is 0 Å². The molecule has 2 heterocycles. The largest absolute Gasteiger partial charge is 0.462 e. The molecule has 0 radical (unpaired) electrons. The average molecular weight is 435 g/mol. The molecule has 1 saturated heterocycles. The summed E-state index contributed by atoms with van der Waals surface area (Å²) in [6, 6.07) is -0.182. The van der Waals surface area contributed by atoms with Gasteiger partial charge in [0, 0.05) is 18.8 Å². The van der Waals surface area contributed by atoms with E-state index in [-0.39, 0.29) is 18.0 Å². The van der Waals surface area contributed by atoms with E-state index >= 15 is 0 Å². The van der Waals surface area contributed by atoms with Crippen molar-refractivity contribution in [2.75, 3.05) is 19.7 Å². The number of hydrogen-bond acceptors (Lipinski definition) is 6. The van der Waals surface area contributed by atoms with Gasteiger partial charge in [0.05, 0.1) is 18.2 Å². The van der Waals surface area contributed by atoms with Crippen LogP contribution in [0.5, 0.6) is 0 Å². The highest BCUT2D eigenvalue weighted by Gasteiger charge is 2.36. The number of carbonyl (C=O) groups is 1. The van der Waals surface area contributed by atoms with Crippen LogP contribution in [0.2, 0.25) is 0 Å². The fraction of sp³-hybridized carbons (Fsp3) is 0.783. The quantitative estimate of drug-likeness (QED) is 0.157. The van der Waals surface area contributed by atoms with Crippen molar-refractivity contribution in [3.63, 3.8) is 0 Å². The third kappa shape index (κ3) is 8.42. The molecule has 31 heavy (non-hydrogen) atoms. The third-order valence-corrected chi connectivity index (χ3v) is 5.96. The van der Waals surface area contributed by atoms with Gasteiger partial charge in [-0.1, -0.05) is 58.3 Å². The lowest BCUT2D eigenvalue weighted by Crippen LogP contribution is -2.41. The number of nitrogens with two attached hydrogens (primary N) is 3. The number of aliphatic imine (C=N–C) groups is 2. The van der Waals surface area contributed by atoms with Gasteiger partial charge < -0.3 is 26.8 Å². The molecule has 8 nitrogen and oxygen atoms in total. The first-order chi connectivity index (χ1) is 15.0.